The largest absolute Gasteiger partial charge is 0.338 e. The summed E-state index contributed by atoms with van der Waals surface area (Å²) < 4.78 is 7.21. The maximum atomic E-state index is 5.28. The van der Waals surface area contributed by atoms with Crippen molar-refractivity contribution in [2.24, 2.45) is 0 Å². The maximum absolute atomic E-state index is 5.28. The van der Waals surface area contributed by atoms with Gasteiger partial charge in [-0.05, 0) is 30.0 Å². The normalized spacial score (nSPS) is 14.3. The number of rotatable bonds is 7. The van der Waals surface area contributed by atoms with Crippen LogP contribution in [0.1, 0.15) is 41.6 Å². The van der Waals surface area contributed by atoms with Crippen molar-refractivity contribution in [1.82, 2.24) is 25.2 Å². The number of nitrogens with one attached hydrogen (secondary N) is 1. The summed E-state index contributed by atoms with van der Waals surface area (Å²) in [6.45, 7) is 2.13. The molecule has 0 amide bonds. The lowest BCUT2D eigenvalue weighted by molar-refractivity contribution is 0.362. The van der Waals surface area contributed by atoms with E-state index in [-0.39, 0.29) is 0 Å². The van der Waals surface area contributed by atoms with Gasteiger partial charge in [0.15, 0.2) is 5.82 Å². The van der Waals surface area contributed by atoms with Crippen molar-refractivity contribution in [3.05, 3.63) is 65.6 Å². The zero-order valence-corrected chi connectivity index (χ0v) is 12.9. The average molecular weight is 309 g/mol. The summed E-state index contributed by atoms with van der Waals surface area (Å²) in [5.41, 5.74) is 2.51. The van der Waals surface area contributed by atoms with Crippen molar-refractivity contribution >= 4 is 0 Å². The monoisotopic (exact) mass is 309 g/mol. The summed E-state index contributed by atoms with van der Waals surface area (Å²) in [5, 5.41) is 11.7. The van der Waals surface area contributed by atoms with Gasteiger partial charge in [-0.2, -0.15) is 10.1 Å². The second-order valence-corrected chi connectivity index (χ2v) is 5.90. The van der Waals surface area contributed by atoms with Crippen LogP contribution >= 0.6 is 0 Å². The molecule has 0 spiro atoms. The van der Waals surface area contributed by atoms with Gasteiger partial charge in [-0.3, -0.25) is 4.68 Å². The van der Waals surface area contributed by atoms with E-state index < -0.39 is 0 Å². The quantitative estimate of drug-likeness (QED) is 0.726. The van der Waals surface area contributed by atoms with E-state index in [4.69, 9.17) is 4.52 Å². The Morgan fingerprint density at radius 2 is 2.00 bits per heavy atom. The Morgan fingerprint density at radius 1 is 1.13 bits per heavy atom. The van der Waals surface area contributed by atoms with Crippen molar-refractivity contribution in [3.8, 4) is 0 Å². The molecular weight excluding hydrogens is 290 g/mol. The molecule has 6 nitrogen and oxygen atoms in total. The van der Waals surface area contributed by atoms with E-state index in [1.165, 1.54) is 24.0 Å². The average Bonchev–Trinajstić information content (AvgIpc) is 3.09. The first-order valence-corrected chi connectivity index (χ1v) is 7.96. The third kappa shape index (κ3) is 3.48. The van der Waals surface area contributed by atoms with Crippen molar-refractivity contribution in [2.75, 3.05) is 0 Å². The predicted octanol–water partition coefficient (Wildman–Crippen LogP) is 2.48. The molecule has 3 aromatic rings. The van der Waals surface area contributed by atoms with Crippen LogP contribution in [0.5, 0.6) is 0 Å². The Morgan fingerprint density at radius 3 is 2.78 bits per heavy atom. The van der Waals surface area contributed by atoms with Gasteiger partial charge >= 0.3 is 0 Å². The highest BCUT2D eigenvalue weighted by Crippen LogP contribution is 2.38. The summed E-state index contributed by atoms with van der Waals surface area (Å²) >= 11 is 0. The fourth-order valence-electron chi connectivity index (χ4n) is 2.60. The summed E-state index contributed by atoms with van der Waals surface area (Å²) in [4.78, 5) is 4.43. The molecule has 4 rings (SSSR count). The Hall–Kier alpha value is -2.47. The van der Waals surface area contributed by atoms with Crippen LogP contribution in [0.4, 0.5) is 0 Å². The van der Waals surface area contributed by atoms with Gasteiger partial charge in [0.1, 0.15) is 0 Å². The molecule has 118 valence electrons. The minimum Gasteiger partial charge on any atom is -0.338 e. The molecule has 2 aromatic heterocycles. The molecule has 1 aliphatic carbocycles. The van der Waals surface area contributed by atoms with Gasteiger partial charge < -0.3 is 9.84 Å². The van der Waals surface area contributed by atoms with Gasteiger partial charge in [-0.1, -0.05) is 29.4 Å². The maximum Gasteiger partial charge on any atom is 0.240 e. The summed E-state index contributed by atoms with van der Waals surface area (Å²) in [7, 11) is 0. The number of benzene rings is 1. The van der Waals surface area contributed by atoms with E-state index in [0.29, 0.717) is 18.4 Å². The van der Waals surface area contributed by atoms with Gasteiger partial charge in [0.2, 0.25) is 5.89 Å². The Kier molecular flexibility index (Phi) is 3.90. The van der Waals surface area contributed by atoms with Crippen LogP contribution in [0.15, 0.2) is 47.2 Å². The van der Waals surface area contributed by atoms with Gasteiger partial charge in [0.05, 0.1) is 13.1 Å². The van der Waals surface area contributed by atoms with Crippen LogP contribution in [0.25, 0.3) is 0 Å². The lowest BCUT2D eigenvalue weighted by atomic mass is 10.1. The highest BCUT2D eigenvalue weighted by atomic mass is 16.5. The molecule has 23 heavy (non-hydrogen) atoms. The highest BCUT2D eigenvalue weighted by molar-refractivity contribution is 5.27. The van der Waals surface area contributed by atoms with Crippen LogP contribution in [-0.4, -0.2) is 19.9 Å². The van der Waals surface area contributed by atoms with E-state index in [1.54, 1.807) is 6.20 Å². The molecule has 0 saturated heterocycles. The molecule has 1 saturated carbocycles. The van der Waals surface area contributed by atoms with E-state index >= 15 is 0 Å². The van der Waals surface area contributed by atoms with Crippen LogP contribution in [-0.2, 0) is 19.6 Å². The first-order valence-electron chi connectivity index (χ1n) is 7.96. The molecule has 0 unspecified atom stereocenters. The third-order valence-corrected chi connectivity index (χ3v) is 4.03. The first-order chi connectivity index (χ1) is 11.4. The topological polar surface area (TPSA) is 68.8 Å². The Labute approximate surface area is 134 Å². The van der Waals surface area contributed by atoms with E-state index in [0.717, 1.165) is 18.9 Å². The molecule has 6 heteroatoms. The second-order valence-electron chi connectivity index (χ2n) is 5.90. The fourth-order valence-corrected chi connectivity index (χ4v) is 2.60. The number of hydrogen-bond donors (Lipinski definition) is 1. The number of hydrogen-bond acceptors (Lipinski definition) is 5. The van der Waals surface area contributed by atoms with Gasteiger partial charge in [0.25, 0.3) is 0 Å². The molecule has 0 bridgehead atoms. The molecule has 1 aliphatic rings. The lowest BCUT2D eigenvalue weighted by Crippen LogP contribution is -2.15. The van der Waals surface area contributed by atoms with Crippen LogP contribution in [0.3, 0.4) is 0 Å². The Balaban J connectivity index is 1.36. The van der Waals surface area contributed by atoms with Crippen molar-refractivity contribution < 1.29 is 4.52 Å². The lowest BCUT2D eigenvalue weighted by Gasteiger charge is -2.10. The summed E-state index contributed by atoms with van der Waals surface area (Å²) in [5.74, 6) is 2.06. The van der Waals surface area contributed by atoms with Crippen LogP contribution in [0, 0.1) is 0 Å². The van der Waals surface area contributed by atoms with Gasteiger partial charge in [-0.25, -0.2) is 0 Å². The first kappa shape index (κ1) is 14.1. The Bertz CT molecular complexity index is 761. The molecule has 0 atom stereocenters. The predicted molar refractivity (Wildman–Crippen MR) is 84.6 cm³/mol. The molecule has 1 aromatic carbocycles. The number of aromatic nitrogens is 4. The zero-order valence-electron chi connectivity index (χ0n) is 12.9. The van der Waals surface area contributed by atoms with Gasteiger partial charge in [0, 0.05) is 24.9 Å². The fraction of sp³-hybridized carbons (Fsp3) is 0.353. The van der Waals surface area contributed by atoms with Crippen molar-refractivity contribution in [3.63, 3.8) is 0 Å². The SMILES string of the molecule is c1ccc(Cn2cccn2)c(CNCc2nc(C3CC3)no2)c1. The highest BCUT2D eigenvalue weighted by Gasteiger charge is 2.28. The molecular formula is C17H19N5O. The molecule has 0 radical (unpaired) electrons. The zero-order chi connectivity index (χ0) is 15.5. The van der Waals surface area contributed by atoms with Gasteiger partial charge in [-0.15, -0.1) is 0 Å². The van der Waals surface area contributed by atoms with E-state index in [9.17, 15) is 0 Å². The molecule has 1 N–H and O–H groups in total. The summed E-state index contributed by atoms with van der Waals surface area (Å²) in [6, 6.07) is 10.3. The molecule has 0 aliphatic heterocycles. The smallest absolute Gasteiger partial charge is 0.240 e. The molecule has 2 heterocycles. The van der Waals surface area contributed by atoms with Crippen molar-refractivity contribution in [2.45, 2.75) is 38.4 Å². The minimum absolute atomic E-state index is 0.530. The van der Waals surface area contributed by atoms with E-state index in [2.05, 4.69) is 44.8 Å². The molecule has 1 fully saturated rings. The van der Waals surface area contributed by atoms with E-state index in [1.807, 2.05) is 16.9 Å². The van der Waals surface area contributed by atoms with Crippen LogP contribution in [0.2, 0.25) is 0 Å². The third-order valence-electron chi connectivity index (χ3n) is 4.03. The standard InChI is InChI=1S/C17H19N5O/c1-2-5-15(12-22-9-3-8-19-22)14(4-1)10-18-11-16-20-17(21-23-16)13-6-7-13/h1-5,8-9,13,18H,6-7,10-12H2. The van der Waals surface area contributed by atoms with Crippen LogP contribution < -0.4 is 5.32 Å². The van der Waals surface area contributed by atoms with Crippen molar-refractivity contribution in [1.29, 1.82) is 0 Å². The number of nitrogens with zero attached hydrogens (tertiary/aromatic N) is 4. The second kappa shape index (κ2) is 6.34. The minimum atomic E-state index is 0.530. The summed E-state index contributed by atoms with van der Waals surface area (Å²) in [6.07, 6.45) is 6.15.